The number of urea groups is 1. The van der Waals surface area contributed by atoms with Gasteiger partial charge in [0, 0.05) is 11.4 Å². The van der Waals surface area contributed by atoms with Crippen LogP contribution in [-0.2, 0) is 17.9 Å². The van der Waals surface area contributed by atoms with Crippen LogP contribution in [0.2, 0.25) is 0 Å². The van der Waals surface area contributed by atoms with Crippen molar-refractivity contribution in [3.8, 4) is 17.1 Å². The number of carbonyl (C=O) groups excluding carboxylic acids is 2. The van der Waals surface area contributed by atoms with E-state index >= 15 is 0 Å². The number of amides is 3. The van der Waals surface area contributed by atoms with Crippen molar-refractivity contribution in [1.29, 1.82) is 0 Å². The molecule has 10 heteroatoms. The number of ether oxygens (including phenoxy) is 1. The lowest BCUT2D eigenvalue weighted by Gasteiger charge is -2.10. The van der Waals surface area contributed by atoms with E-state index in [1.807, 2.05) is 53.3 Å². The average molecular weight is 432 g/mol. The van der Waals surface area contributed by atoms with E-state index in [2.05, 4.69) is 20.8 Å². The molecule has 0 spiro atoms. The molecule has 8 nitrogen and oxygen atoms in total. The summed E-state index contributed by atoms with van der Waals surface area (Å²) >= 11 is 2.77. The molecule has 3 rings (SSSR count). The second-order valence-corrected chi connectivity index (χ2v) is 7.82. The predicted octanol–water partition coefficient (Wildman–Crippen LogP) is 3.15. The first-order chi connectivity index (χ1) is 14.1. The molecule has 0 radical (unpaired) electrons. The summed E-state index contributed by atoms with van der Waals surface area (Å²) in [6.07, 6.45) is 0. The molecule has 0 unspecified atom stereocenters. The van der Waals surface area contributed by atoms with Gasteiger partial charge in [0.1, 0.15) is 5.75 Å². The zero-order chi connectivity index (χ0) is 20.6. The van der Waals surface area contributed by atoms with Gasteiger partial charge in [0.15, 0.2) is 11.0 Å². The lowest BCUT2D eigenvalue weighted by molar-refractivity contribution is -0.117. The fourth-order valence-corrected chi connectivity index (χ4v) is 4.07. The fraction of sp³-hybridized carbons (Fsp3) is 0.263. The summed E-state index contributed by atoms with van der Waals surface area (Å²) in [7, 11) is 1.61. The first kappa shape index (κ1) is 20.9. The minimum Gasteiger partial charge on any atom is -0.496 e. The summed E-state index contributed by atoms with van der Waals surface area (Å²) in [5.74, 6) is 1.02. The largest absolute Gasteiger partial charge is 0.496 e. The Morgan fingerprint density at radius 3 is 2.76 bits per heavy atom. The number of thioether (sulfide) groups is 1. The molecule has 2 aromatic heterocycles. The van der Waals surface area contributed by atoms with E-state index in [0.29, 0.717) is 29.8 Å². The van der Waals surface area contributed by atoms with E-state index in [9.17, 15) is 9.59 Å². The van der Waals surface area contributed by atoms with Crippen LogP contribution in [0.3, 0.4) is 0 Å². The number of hydrogen-bond acceptors (Lipinski definition) is 7. The van der Waals surface area contributed by atoms with Crippen LogP contribution in [0.5, 0.6) is 5.75 Å². The Bertz CT molecular complexity index is 972. The van der Waals surface area contributed by atoms with Gasteiger partial charge in [-0.1, -0.05) is 30.0 Å². The highest BCUT2D eigenvalue weighted by Gasteiger charge is 2.17. The Kier molecular flexibility index (Phi) is 7.25. The van der Waals surface area contributed by atoms with Gasteiger partial charge in [-0.2, -0.15) is 0 Å². The van der Waals surface area contributed by atoms with Gasteiger partial charge in [0.05, 0.1) is 25.0 Å². The predicted molar refractivity (Wildman–Crippen MR) is 113 cm³/mol. The molecule has 0 saturated carbocycles. The number of aromatic nitrogens is 3. The molecule has 0 aliphatic heterocycles. The van der Waals surface area contributed by atoms with Crippen LogP contribution in [0.15, 0.2) is 46.9 Å². The number of thiophene rings is 1. The van der Waals surface area contributed by atoms with Crippen molar-refractivity contribution in [2.75, 3.05) is 12.9 Å². The van der Waals surface area contributed by atoms with E-state index in [-0.39, 0.29) is 5.75 Å². The summed E-state index contributed by atoms with van der Waals surface area (Å²) in [5.41, 5.74) is 0.827. The number of methoxy groups -OCH3 is 1. The number of carbonyl (C=O) groups is 2. The van der Waals surface area contributed by atoms with Crippen LogP contribution in [-0.4, -0.2) is 39.6 Å². The second kappa shape index (κ2) is 10.1. The highest BCUT2D eigenvalue weighted by molar-refractivity contribution is 7.99. The zero-order valence-electron chi connectivity index (χ0n) is 16.0. The van der Waals surface area contributed by atoms with Gasteiger partial charge in [-0.05, 0) is 30.5 Å². The summed E-state index contributed by atoms with van der Waals surface area (Å²) in [6.45, 7) is 2.99. The number of nitrogens with one attached hydrogen (secondary N) is 2. The monoisotopic (exact) mass is 431 g/mol. The summed E-state index contributed by atoms with van der Waals surface area (Å²) < 4.78 is 7.31. The molecule has 3 amide bonds. The van der Waals surface area contributed by atoms with E-state index < -0.39 is 11.9 Å². The van der Waals surface area contributed by atoms with E-state index in [4.69, 9.17) is 4.74 Å². The average Bonchev–Trinajstić information content (AvgIpc) is 3.40. The molecule has 3 aromatic rings. The third-order valence-corrected chi connectivity index (χ3v) is 5.81. The van der Waals surface area contributed by atoms with Crippen molar-refractivity contribution in [2.24, 2.45) is 0 Å². The minimum atomic E-state index is -0.518. The first-order valence-corrected chi connectivity index (χ1v) is 10.8. The van der Waals surface area contributed by atoms with Crippen LogP contribution >= 0.6 is 23.1 Å². The number of nitrogens with zero attached hydrogens (tertiary/aromatic N) is 3. The smallest absolute Gasteiger partial charge is 0.321 e. The van der Waals surface area contributed by atoms with Gasteiger partial charge >= 0.3 is 6.03 Å². The van der Waals surface area contributed by atoms with Gasteiger partial charge in [-0.25, -0.2) is 4.79 Å². The van der Waals surface area contributed by atoms with Crippen molar-refractivity contribution in [2.45, 2.75) is 25.2 Å². The first-order valence-electron chi connectivity index (χ1n) is 8.91. The SMILES string of the molecule is CCn1c(SCC(=O)NC(=O)NCc2cccs2)nnc1-c1ccccc1OC. The van der Waals surface area contributed by atoms with Gasteiger partial charge < -0.3 is 14.6 Å². The van der Waals surface area contributed by atoms with Crippen LogP contribution in [0, 0.1) is 0 Å². The lowest BCUT2D eigenvalue weighted by atomic mass is 10.2. The minimum absolute atomic E-state index is 0.0521. The van der Waals surface area contributed by atoms with Crippen molar-refractivity contribution < 1.29 is 14.3 Å². The Balaban J connectivity index is 1.58. The number of rotatable bonds is 8. The van der Waals surface area contributed by atoms with Gasteiger partial charge in [-0.15, -0.1) is 21.5 Å². The molecule has 0 saturated heterocycles. The van der Waals surface area contributed by atoms with Crippen molar-refractivity contribution in [3.63, 3.8) is 0 Å². The number of hydrogen-bond donors (Lipinski definition) is 2. The maximum atomic E-state index is 12.1. The third kappa shape index (κ3) is 5.36. The van der Waals surface area contributed by atoms with Crippen LogP contribution in [0.25, 0.3) is 11.4 Å². The van der Waals surface area contributed by atoms with Gasteiger partial charge in [-0.3, -0.25) is 10.1 Å². The third-order valence-electron chi connectivity index (χ3n) is 3.97. The molecule has 0 aliphatic rings. The number of imide groups is 1. The molecule has 152 valence electrons. The lowest BCUT2D eigenvalue weighted by Crippen LogP contribution is -2.39. The summed E-state index contributed by atoms with van der Waals surface area (Å²) in [4.78, 5) is 25.0. The van der Waals surface area contributed by atoms with Gasteiger partial charge in [0.2, 0.25) is 5.91 Å². The molecule has 0 bridgehead atoms. The maximum Gasteiger partial charge on any atom is 0.321 e. The van der Waals surface area contributed by atoms with E-state index in [0.717, 1.165) is 10.4 Å². The maximum absolute atomic E-state index is 12.1. The molecule has 0 fully saturated rings. The highest BCUT2D eigenvalue weighted by atomic mass is 32.2. The van der Waals surface area contributed by atoms with Crippen LogP contribution in [0.4, 0.5) is 4.79 Å². The fourth-order valence-electron chi connectivity index (χ4n) is 2.63. The number of para-hydroxylation sites is 1. The van der Waals surface area contributed by atoms with Crippen LogP contribution in [0.1, 0.15) is 11.8 Å². The quantitative estimate of drug-likeness (QED) is 0.532. The summed E-state index contributed by atoms with van der Waals surface area (Å²) in [6, 6.07) is 10.9. The Morgan fingerprint density at radius 2 is 2.03 bits per heavy atom. The molecule has 1 aromatic carbocycles. The molecule has 0 atom stereocenters. The normalized spacial score (nSPS) is 10.6. The molecular formula is C19H21N5O3S2. The summed E-state index contributed by atoms with van der Waals surface area (Å²) in [5, 5.41) is 16.0. The molecule has 29 heavy (non-hydrogen) atoms. The Hall–Kier alpha value is -2.85. The highest BCUT2D eigenvalue weighted by Crippen LogP contribution is 2.30. The Labute approximate surface area is 176 Å². The van der Waals surface area contributed by atoms with Gasteiger partial charge in [0.25, 0.3) is 0 Å². The van der Waals surface area contributed by atoms with E-state index in [1.54, 1.807) is 18.4 Å². The Morgan fingerprint density at radius 1 is 1.21 bits per heavy atom. The molecule has 2 N–H and O–H groups in total. The van der Waals surface area contributed by atoms with Crippen molar-refractivity contribution in [1.82, 2.24) is 25.4 Å². The molecule has 0 aliphatic carbocycles. The zero-order valence-corrected chi connectivity index (χ0v) is 17.7. The van der Waals surface area contributed by atoms with Crippen molar-refractivity contribution in [3.05, 3.63) is 46.7 Å². The van der Waals surface area contributed by atoms with E-state index in [1.165, 1.54) is 11.8 Å². The topological polar surface area (TPSA) is 98.1 Å². The van der Waals surface area contributed by atoms with Crippen molar-refractivity contribution >= 4 is 35.0 Å². The number of benzene rings is 1. The standard InChI is InChI=1S/C19H21N5O3S2/c1-3-24-17(14-8-4-5-9-15(14)27-2)22-23-19(24)29-12-16(25)21-18(26)20-11-13-7-6-10-28-13/h4-10H,3,11-12H2,1-2H3,(H2,20,21,25,26). The second-order valence-electron chi connectivity index (χ2n) is 5.85. The molecular weight excluding hydrogens is 410 g/mol. The molecule has 2 heterocycles. The van der Waals surface area contributed by atoms with Crippen LogP contribution < -0.4 is 15.4 Å².